The first-order chi connectivity index (χ1) is 14.6. The number of hydrogen-bond acceptors (Lipinski definition) is 4. The van der Waals surface area contributed by atoms with Crippen LogP contribution in [0.5, 0.6) is 5.75 Å². The standard InChI is InChI=1S/C24H29N3O3/c1-30-20-8-2-5-17(15-20)16-27-14-12-19(10-11-22(27)28)26-24(29)21-9-3-6-18-7-4-13-25-23(18)21/h2-3,5-6,8-9,15,19,25H,4,7,10-14,16H2,1H3,(H,26,29). The minimum absolute atomic E-state index is 0.00351. The van der Waals surface area contributed by atoms with Crippen LogP contribution in [0, 0.1) is 0 Å². The first kappa shape index (κ1) is 20.3. The average molecular weight is 408 g/mol. The number of hydrogen-bond donors (Lipinski definition) is 2. The monoisotopic (exact) mass is 407 g/mol. The lowest BCUT2D eigenvalue weighted by molar-refractivity contribution is -0.131. The molecule has 2 heterocycles. The minimum atomic E-state index is -0.0556. The molecule has 1 atom stereocenters. The van der Waals surface area contributed by atoms with E-state index in [0.29, 0.717) is 31.5 Å². The molecule has 30 heavy (non-hydrogen) atoms. The van der Waals surface area contributed by atoms with Gasteiger partial charge in [0, 0.05) is 32.1 Å². The summed E-state index contributed by atoms with van der Waals surface area (Å²) in [6, 6.07) is 13.7. The SMILES string of the molecule is COc1cccc(CN2CCC(NC(=O)c3cccc4c3NCCC4)CCC2=O)c1. The summed E-state index contributed by atoms with van der Waals surface area (Å²) in [5, 5.41) is 6.55. The van der Waals surface area contributed by atoms with E-state index in [4.69, 9.17) is 4.74 Å². The molecule has 1 saturated heterocycles. The molecule has 2 N–H and O–H groups in total. The Labute approximate surface area is 177 Å². The highest BCUT2D eigenvalue weighted by Gasteiger charge is 2.25. The molecular formula is C24H29N3O3. The maximum Gasteiger partial charge on any atom is 0.253 e. The normalized spacial score (nSPS) is 18.8. The number of aryl methyl sites for hydroxylation is 1. The van der Waals surface area contributed by atoms with Crippen LogP contribution in [-0.2, 0) is 17.8 Å². The Bertz CT molecular complexity index is 928. The van der Waals surface area contributed by atoms with Crippen molar-refractivity contribution in [1.29, 1.82) is 0 Å². The Morgan fingerprint density at radius 1 is 1.20 bits per heavy atom. The van der Waals surface area contributed by atoms with Gasteiger partial charge in [-0.3, -0.25) is 9.59 Å². The molecular weight excluding hydrogens is 378 g/mol. The van der Waals surface area contributed by atoms with Crippen molar-refractivity contribution in [3.05, 3.63) is 59.2 Å². The number of para-hydroxylation sites is 1. The van der Waals surface area contributed by atoms with E-state index in [1.54, 1.807) is 7.11 Å². The predicted octanol–water partition coefficient (Wildman–Crippen LogP) is 3.36. The number of carbonyl (C=O) groups is 2. The molecule has 0 spiro atoms. The van der Waals surface area contributed by atoms with Crippen LogP contribution in [0.25, 0.3) is 0 Å². The molecule has 1 unspecified atom stereocenters. The number of anilines is 1. The number of nitrogens with one attached hydrogen (secondary N) is 2. The van der Waals surface area contributed by atoms with Gasteiger partial charge in [-0.25, -0.2) is 0 Å². The molecule has 2 aromatic rings. The Hall–Kier alpha value is -3.02. The number of fused-ring (bicyclic) bond motifs is 1. The molecule has 0 aliphatic carbocycles. The van der Waals surface area contributed by atoms with E-state index in [-0.39, 0.29) is 17.9 Å². The Kier molecular flexibility index (Phi) is 6.21. The lowest BCUT2D eigenvalue weighted by atomic mass is 9.98. The van der Waals surface area contributed by atoms with Crippen LogP contribution in [0.1, 0.15) is 47.2 Å². The number of benzene rings is 2. The van der Waals surface area contributed by atoms with Gasteiger partial charge in [-0.2, -0.15) is 0 Å². The lowest BCUT2D eigenvalue weighted by Crippen LogP contribution is -2.36. The maximum absolute atomic E-state index is 13.0. The summed E-state index contributed by atoms with van der Waals surface area (Å²) >= 11 is 0. The van der Waals surface area contributed by atoms with Gasteiger partial charge in [0.05, 0.1) is 18.4 Å². The molecule has 2 aliphatic rings. The van der Waals surface area contributed by atoms with Crippen molar-refractivity contribution >= 4 is 17.5 Å². The largest absolute Gasteiger partial charge is 0.497 e. The number of ether oxygens (including phenoxy) is 1. The van der Waals surface area contributed by atoms with Crippen molar-refractivity contribution in [1.82, 2.24) is 10.2 Å². The zero-order chi connectivity index (χ0) is 20.9. The zero-order valence-electron chi connectivity index (χ0n) is 17.4. The van der Waals surface area contributed by atoms with Crippen molar-refractivity contribution in [3.8, 4) is 5.75 Å². The number of rotatable bonds is 5. The number of amides is 2. The Balaban J connectivity index is 1.39. The van der Waals surface area contributed by atoms with Gasteiger partial charge < -0.3 is 20.3 Å². The molecule has 6 nitrogen and oxygen atoms in total. The molecule has 2 aromatic carbocycles. The van der Waals surface area contributed by atoms with Crippen LogP contribution in [0.3, 0.4) is 0 Å². The predicted molar refractivity (Wildman–Crippen MR) is 117 cm³/mol. The van der Waals surface area contributed by atoms with Gasteiger partial charge in [0.25, 0.3) is 5.91 Å². The van der Waals surface area contributed by atoms with Crippen molar-refractivity contribution in [3.63, 3.8) is 0 Å². The average Bonchev–Trinajstić information content (AvgIpc) is 2.95. The molecule has 2 aliphatic heterocycles. The van der Waals surface area contributed by atoms with Crippen LogP contribution in [0.15, 0.2) is 42.5 Å². The molecule has 6 heteroatoms. The highest BCUT2D eigenvalue weighted by Crippen LogP contribution is 2.26. The van der Waals surface area contributed by atoms with Gasteiger partial charge in [-0.1, -0.05) is 24.3 Å². The maximum atomic E-state index is 13.0. The van der Waals surface area contributed by atoms with E-state index >= 15 is 0 Å². The quantitative estimate of drug-likeness (QED) is 0.797. The van der Waals surface area contributed by atoms with Crippen molar-refractivity contribution in [2.75, 3.05) is 25.5 Å². The van der Waals surface area contributed by atoms with Crippen LogP contribution < -0.4 is 15.4 Å². The van der Waals surface area contributed by atoms with E-state index in [0.717, 1.165) is 42.8 Å². The fourth-order valence-electron chi connectivity index (χ4n) is 4.30. The van der Waals surface area contributed by atoms with E-state index in [1.807, 2.05) is 41.3 Å². The summed E-state index contributed by atoms with van der Waals surface area (Å²) in [6.07, 6.45) is 3.96. The minimum Gasteiger partial charge on any atom is -0.497 e. The third kappa shape index (κ3) is 4.58. The van der Waals surface area contributed by atoms with E-state index in [2.05, 4.69) is 16.7 Å². The van der Waals surface area contributed by atoms with Crippen LogP contribution in [-0.4, -0.2) is 43.0 Å². The molecule has 158 valence electrons. The molecule has 1 fully saturated rings. The number of carbonyl (C=O) groups excluding carboxylic acids is 2. The van der Waals surface area contributed by atoms with Crippen LogP contribution in [0.2, 0.25) is 0 Å². The molecule has 2 amide bonds. The Morgan fingerprint density at radius 2 is 2.07 bits per heavy atom. The Morgan fingerprint density at radius 3 is 2.93 bits per heavy atom. The second-order valence-corrected chi connectivity index (χ2v) is 8.03. The van der Waals surface area contributed by atoms with Crippen molar-refractivity contribution < 1.29 is 14.3 Å². The summed E-state index contributed by atoms with van der Waals surface area (Å²) in [5.74, 6) is 0.869. The van der Waals surface area contributed by atoms with Crippen molar-refractivity contribution in [2.24, 2.45) is 0 Å². The summed E-state index contributed by atoms with van der Waals surface area (Å²) in [6.45, 7) is 2.09. The van der Waals surface area contributed by atoms with Gasteiger partial charge in [0.2, 0.25) is 5.91 Å². The van der Waals surface area contributed by atoms with Crippen LogP contribution >= 0.6 is 0 Å². The number of nitrogens with zero attached hydrogens (tertiary/aromatic N) is 1. The highest BCUT2D eigenvalue weighted by molar-refractivity contribution is 6.00. The van der Waals surface area contributed by atoms with E-state index in [1.165, 1.54) is 5.56 Å². The molecule has 0 bridgehead atoms. The topological polar surface area (TPSA) is 70.7 Å². The number of methoxy groups -OCH3 is 1. The fraction of sp³-hybridized carbons (Fsp3) is 0.417. The van der Waals surface area contributed by atoms with Gasteiger partial charge in [0.15, 0.2) is 0 Å². The fourth-order valence-corrected chi connectivity index (χ4v) is 4.30. The van der Waals surface area contributed by atoms with Gasteiger partial charge in [-0.15, -0.1) is 0 Å². The summed E-state index contributed by atoms with van der Waals surface area (Å²) in [4.78, 5) is 27.5. The third-order valence-corrected chi connectivity index (χ3v) is 5.97. The zero-order valence-corrected chi connectivity index (χ0v) is 17.4. The number of likely N-dealkylation sites (tertiary alicyclic amines) is 1. The second-order valence-electron chi connectivity index (χ2n) is 8.03. The molecule has 0 saturated carbocycles. The van der Waals surface area contributed by atoms with Crippen LogP contribution in [0.4, 0.5) is 5.69 Å². The third-order valence-electron chi connectivity index (χ3n) is 5.97. The van der Waals surface area contributed by atoms with E-state index < -0.39 is 0 Å². The van der Waals surface area contributed by atoms with E-state index in [9.17, 15) is 9.59 Å². The summed E-state index contributed by atoms with van der Waals surface area (Å²) < 4.78 is 5.28. The lowest BCUT2D eigenvalue weighted by Gasteiger charge is -2.23. The summed E-state index contributed by atoms with van der Waals surface area (Å²) in [7, 11) is 1.64. The van der Waals surface area contributed by atoms with Gasteiger partial charge >= 0.3 is 0 Å². The second kappa shape index (κ2) is 9.20. The smallest absolute Gasteiger partial charge is 0.253 e. The first-order valence-corrected chi connectivity index (χ1v) is 10.7. The van der Waals surface area contributed by atoms with Crippen molar-refractivity contribution in [2.45, 2.75) is 44.7 Å². The van der Waals surface area contributed by atoms with Gasteiger partial charge in [-0.05, 0) is 55.0 Å². The molecule has 0 radical (unpaired) electrons. The first-order valence-electron chi connectivity index (χ1n) is 10.7. The summed E-state index contributed by atoms with van der Waals surface area (Å²) in [5.41, 5.74) is 3.92. The van der Waals surface area contributed by atoms with Gasteiger partial charge in [0.1, 0.15) is 5.75 Å². The molecule has 0 aromatic heterocycles. The highest BCUT2D eigenvalue weighted by atomic mass is 16.5. The molecule has 4 rings (SSSR count).